The lowest BCUT2D eigenvalue weighted by Crippen LogP contribution is -2.19. The van der Waals surface area contributed by atoms with Gasteiger partial charge in [-0.3, -0.25) is 4.79 Å². The van der Waals surface area contributed by atoms with Crippen LogP contribution in [0, 0.1) is 0 Å². The summed E-state index contributed by atoms with van der Waals surface area (Å²) in [5.41, 5.74) is 4.14. The summed E-state index contributed by atoms with van der Waals surface area (Å²) < 4.78 is 11.1. The number of carbonyl (C=O) groups is 1. The van der Waals surface area contributed by atoms with Crippen LogP contribution in [0.25, 0.3) is 0 Å². The fraction of sp³-hybridized carbons (Fsp3) is 0.263. The summed E-state index contributed by atoms with van der Waals surface area (Å²) >= 11 is 5.83. The van der Waals surface area contributed by atoms with E-state index in [9.17, 15) is 4.79 Å². The Labute approximate surface area is 152 Å². The first kappa shape index (κ1) is 18.8. The minimum absolute atomic E-state index is 0.206. The first-order chi connectivity index (χ1) is 12.1. The van der Waals surface area contributed by atoms with Gasteiger partial charge in [0.15, 0.2) is 0 Å². The lowest BCUT2D eigenvalue weighted by Gasteiger charge is -2.10. The average molecular weight is 361 g/mol. The maximum atomic E-state index is 11.9. The SMILES string of the molecule is CCOc1ccc(/C=N\NC(=O)Cc2ccc(Cl)cc2)c(OCC)c1. The van der Waals surface area contributed by atoms with E-state index in [-0.39, 0.29) is 12.3 Å². The minimum atomic E-state index is -0.206. The maximum absolute atomic E-state index is 11.9. The zero-order valence-electron chi connectivity index (χ0n) is 14.3. The smallest absolute Gasteiger partial charge is 0.244 e. The van der Waals surface area contributed by atoms with E-state index >= 15 is 0 Å². The van der Waals surface area contributed by atoms with E-state index in [1.165, 1.54) is 0 Å². The molecule has 2 rings (SSSR count). The molecule has 6 heteroatoms. The van der Waals surface area contributed by atoms with Crippen LogP contribution < -0.4 is 14.9 Å². The summed E-state index contributed by atoms with van der Waals surface area (Å²) in [6, 6.07) is 12.6. The highest BCUT2D eigenvalue weighted by Crippen LogP contribution is 2.23. The van der Waals surface area contributed by atoms with Crippen molar-refractivity contribution in [1.82, 2.24) is 5.43 Å². The standard InChI is InChI=1S/C19H21ClN2O3/c1-3-24-17-10-7-15(18(12-17)25-4-2)13-21-22-19(23)11-14-5-8-16(20)9-6-14/h5-10,12-13H,3-4,11H2,1-2H3,(H,22,23)/b21-13-. The van der Waals surface area contributed by atoms with Crippen LogP contribution in [0.5, 0.6) is 11.5 Å². The zero-order chi connectivity index (χ0) is 18.1. The third-order valence-corrected chi connectivity index (χ3v) is 3.52. The fourth-order valence-corrected chi connectivity index (χ4v) is 2.29. The van der Waals surface area contributed by atoms with Crippen LogP contribution in [-0.4, -0.2) is 25.3 Å². The summed E-state index contributed by atoms with van der Waals surface area (Å²) in [4.78, 5) is 11.9. The monoisotopic (exact) mass is 360 g/mol. The summed E-state index contributed by atoms with van der Waals surface area (Å²) in [7, 11) is 0. The van der Waals surface area contributed by atoms with Crippen LogP contribution in [0.1, 0.15) is 25.0 Å². The van der Waals surface area contributed by atoms with Crippen LogP contribution >= 0.6 is 11.6 Å². The summed E-state index contributed by atoms with van der Waals surface area (Å²) in [6.07, 6.45) is 1.79. The number of hydrogen-bond donors (Lipinski definition) is 1. The van der Waals surface area contributed by atoms with Crippen molar-refractivity contribution in [3.05, 3.63) is 58.6 Å². The number of amides is 1. The molecule has 0 spiro atoms. The third kappa shape index (κ3) is 6.12. The highest BCUT2D eigenvalue weighted by molar-refractivity contribution is 6.30. The highest BCUT2D eigenvalue weighted by Gasteiger charge is 2.05. The molecule has 0 heterocycles. The molecule has 1 amide bonds. The quantitative estimate of drug-likeness (QED) is 0.575. The van der Waals surface area contributed by atoms with Gasteiger partial charge in [0.25, 0.3) is 0 Å². The number of hydrogen-bond acceptors (Lipinski definition) is 4. The third-order valence-electron chi connectivity index (χ3n) is 3.27. The van der Waals surface area contributed by atoms with E-state index in [2.05, 4.69) is 10.5 Å². The van der Waals surface area contributed by atoms with Crippen LogP contribution in [0.15, 0.2) is 47.6 Å². The van der Waals surface area contributed by atoms with Gasteiger partial charge in [0.05, 0.1) is 25.8 Å². The Kier molecular flexibility index (Phi) is 7.29. The molecule has 0 aliphatic rings. The number of rotatable bonds is 8. The fourth-order valence-electron chi connectivity index (χ4n) is 2.16. The van der Waals surface area contributed by atoms with E-state index in [4.69, 9.17) is 21.1 Å². The van der Waals surface area contributed by atoms with Gasteiger partial charge < -0.3 is 9.47 Å². The van der Waals surface area contributed by atoms with Gasteiger partial charge in [0.2, 0.25) is 5.91 Å². The molecule has 132 valence electrons. The topological polar surface area (TPSA) is 59.9 Å². The Balaban J connectivity index is 1.98. The predicted molar refractivity (Wildman–Crippen MR) is 99.7 cm³/mol. The molecule has 0 bridgehead atoms. The van der Waals surface area contributed by atoms with Crippen molar-refractivity contribution in [3.63, 3.8) is 0 Å². The molecule has 25 heavy (non-hydrogen) atoms. The number of halogens is 1. The molecule has 1 N–H and O–H groups in total. The molecule has 0 saturated heterocycles. The molecule has 0 aliphatic heterocycles. The van der Waals surface area contributed by atoms with Crippen molar-refractivity contribution in [1.29, 1.82) is 0 Å². The second-order valence-electron chi connectivity index (χ2n) is 5.16. The summed E-state index contributed by atoms with van der Waals surface area (Å²) in [5, 5.41) is 4.64. The molecular weight excluding hydrogens is 340 g/mol. The Bertz CT molecular complexity index is 730. The molecule has 0 saturated carbocycles. The lowest BCUT2D eigenvalue weighted by molar-refractivity contribution is -0.120. The maximum Gasteiger partial charge on any atom is 0.244 e. The van der Waals surface area contributed by atoms with Gasteiger partial charge in [-0.05, 0) is 43.7 Å². The Morgan fingerprint density at radius 2 is 1.84 bits per heavy atom. The molecule has 2 aromatic rings. The van der Waals surface area contributed by atoms with Gasteiger partial charge in [-0.15, -0.1) is 0 Å². The van der Waals surface area contributed by atoms with Crippen molar-refractivity contribution in [2.24, 2.45) is 5.10 Å². The molecule has 0 fully saturated rings. The van der Waals surface area contributed by atoms with E-state index in [0.29, 0.717) is 24.0 Å². The van der Waals surface area contributed by atoms with Crippen molar-refractivity contribution in [3.8, 4) is 11.5 Å². The van der Waals surface area contributed by atoms with Gasteiger partial charge in [-0.2, -0.15) is 5.10 Å². The molecule has 5 nitrogen and oxygen atoms in total. The van der Waals surface area contributed by atoms with Crippen molar-refractivity contribution >= 4 is 23.7 Å². The number of nitrogens with one attached hydrogen (secondary N) is 1. The van der Waals surface area contributed by atoms with Crippen molar-refractivity contribution in [2.45, 2.75) is 20.3 Å². The normalized spacial score (nSPS) is 10.7. The van der Waals surface area contributed by atoms with Crippen LogP contribution in [-0.2, 0) is 11.2 Å². The Hall–Kier alpha value is -2.53. The Morgan fingerprint density at radius 1 is 1.12 bits per heavy atom. The second-order valence-corrected chi connectivity index (χ2v) is 5.60. The second kappa shape index (κ2) is 9.69. The number of hydrazone groups is 1. The van der Waals surface area contributed by atoms with Gasteiger partial charge >= 0.3 is 0 Å². The first-order valence-electron chi connectivity index (χ1n) is 8.08. The number of nitrogens with zero attached hydrogens (tertiary/aromatic N) is 1. The van der Waals surface area contributed by atoms with Crippen LogP contribution in [0.3, 0.4) is 0 Å². The van der Waals surface area contributed by atoms with E-state index in [0.717, 1.165) is 16.9 Å². The van der Waals surface area contributed by atoms with Gasteiger partial charge in [0, 0.05) is 16.7 Å². The van der Waals surface area contributed by atoms with Crippen LogP contribution in [0.4, 0.5) is 0 Å². The summed E-state index contributed by atoms with van der Waals surface area (Å²) in [6.45, 7) is 4.94. The zero-order valence-corrected chi connectivity index (χ0v) is 15.0. The highest BCUT2D eigenvalue weighted by atomic mass is 35.5. The van der Waals surface area contributed by atoms with Crippen molar-refractivity contribution in [2.75, 3.05) is 13.2 Å². The molecule has 0 aromatic heterocycles. The van der Waals surface area contributed by atoms with Crippen molar-refractivity contribution < 1.29 is 14.3 Å². The molecule has 0 radical (unpaired) electrons. The number of carbonyl (C=O) groups excluding carboxylic acids is 1. The Morgan fingerprint density at radius 3 is 2.52 bits per heavy atom. The minimum Gasteiger partial charge on any atom is -0.494 e. The van der Waals surface area contributed by atoms with Gasteiger partial charge in [-0.25, -0.2) is 5.43 Å². The van der Waals surface area contributed by atoms with Gasteiger partial charge in [-0.1, -0.05) is 23.7 Å². The van der Waals surface area contributed by atoms with E-state index < -0.39 is 0 Å². The van der Waals surface area contributed by atoms with E-state index in [1.54, 1.807) is 18.3 Å². The summed E-state index contributed by atoms with van der Waals surface area (Å²) in [5.74, 6) is 1.18. The molecular formula is C19H21ClN2O3. The largest absolute Gasteiger partial charge is 0.494 e. The molecule has 0 atom stereocenters. The number of benzene rings is 2. The molecule has 0 aliphatic carbocycles. The molecule has 2 aromatic carbocycles. The van der Waals surface area contributed by atoms with Gasteiger partial charge in [0.1, 0.15) is 11.5 Å². The lowest BCUT2D eigenvalue weighted by atomic mass is 10.1. The predicted octanol–water partition coefficient (Wildman–Crippen LogP) is 3.83. The number of ether oxygens (including phenoxy) is 2. The first-order valence-corrected chi connectivity index (χ1v) is 8.46. The molecule has 0 unspecified atom stereocenters. The van der Waals surface area contributed by atoms with Crippen LogP contribution in [0.2, 0.25) is 5.02 Å². The van der Waals surface area contributed by atoms with E-state index in [1.807, 2.05) is 44.2 Å². The average Bonchev–Trinajstić information content (AvgIpc) is 2.59.